The van der Waals surface area contributed by atoms with Gasteiger partial charge in [-0.3, -0.25) is 14.5 Å². The lowest BCUT2D eigenvalue weighted by Gasteiger charge is -2.36. The minimum atomic E-state index is 0.0785. The monoisotopic (exact) mass is 399 g/mol. The van der Waals surface area contributed by atoms with Crippen LogP contribution in [0.5, 0.6) is 0 Å². The molecule has 27 heavy (non-hydrogen) atoms. The van der Waals surface area contributed by atoms with E-state index in [0.29, 0.717) is 17.9 Å². The zero-order valence-electron chi connectivity index (χ0n) is 15.1. The lowest BCUT2D eigenvalue weighted by Crippen LogP contribution is -2.49. The van der Waals surface area contributed by atoms with Crippen LogP contribution < -0.4 is 4.90 Å². The predicted octanol–water partition coefficient (Wildman–Crippen LogP) is 3.33. The molecule has 2 aromatic heterocycles. The molecule has 0 radical (unpaired) electrons. The first-order valence-corrected chi connectivity index (χ1v) is 10.2. The SMILES string of the molecule is Cc1ccccc1N1CCN(C(=O)Cn2c(-c3cccs3)n[nH]c2=S)CC1. The van der Waals surface area contributed by atoms with Crippen LogP contribution in [0.15, 0.2) is 41.8 Å². The number of piperazine rings is 1. The van der Waals surface area contributed by atoms with E-state index in [-0.39, 0.29) is 12.5 Å². The highest BCUT2D eigenvalue weighted by Crippen LogP contribution is 2.23. The lowest BCUT2D eigenvalue weighted by molar-refractivity contribution is -0.132. The average Bonchev–Trinajstić information content (AvgIpc) is 3.33. The second-order valence-electron chi connectivity index (χ2n) is 6.57. The predicted molar refractivity (Wildman–Crippen MR) is 111 cm³/mol. The molecule has 8 heteroatoms. The molecule has 1 aromatic carbocycles. The van der Waals surface area contributed by atoms with Crippen LogP contribution in [0.1, 0.15) is 5.56 Å². The van der Waals surface area contributed by atoms with Crippen LogP contribution in [0.2, 0.25) is 0 Å². The lowest BCUT2D eigenvalue weighted by atomic mass is 10.1. The maximum absolute atomic E-state index is 12.9. The van der Waals surface area contributed by atoms with Gasteiger partial charge in [0.25, 0.3) is 0 Å². The number of aryl methyl sites for hydroxylation is 1. The van der Waals surface area contributed by atoms with Gasteiger partial charge in [0, 0.05) is 31.9 Å². The normalized spacial score (nSPS) is 14.6. The highest BCUT2D eigenvalue weighted by Gasteiger charge is 2.23. The number of carbonyl (C=O) groups is 1. The third kappa shape index (κ3) is 3.68. The van der Waals surface area contributed by atoms with Gasteiger partial charge in [0.1, 0.15) is 6.54 Å². The molecule has 1 aliphatic rings. The van der Waals surface area contributed by atoms with Crippen LogP contribution in [-0.2, 0) is 11.3 Å². The Morgan fingerprint density at radius 3 is 2.67 bits per heavy atom. The number of aromatic nitrogens is 3. The Morgan fingerprint density at radius 1 is 1.19 bits per heavy atom. The third-order valence-electron chi connectivity index (χ3n) is 4.88. The van der Waals surface area contributed by atoms with Gasteiger partial charge in [0.2, 0.25) is 5.91 Å². The number of H-pyrrole nitrogens is 1. The molecule has 3 heterocycles. The zero-order chi connectivity index (χ0) is 18.8. The van der Waals surface area contributed by atoms with E-state index in [9.17, 15) is 4.79 Å². The highest BCUT2D eigenvalue weighted by atomic mass is 32.1. The number of hydrogen-bond acceptors (Lipinski definition) is 5. The van der Waals surface area contributed by atoms with E-state index in [4.69, 9.17) is 12.2 Å². The first kappa shape index (κ1) is 17.9. The molecule has 1 fully saturated rings. The summed E-state index contributed by atoms with van der Waals surface area (Å²) in [6, 6.07) is 12.3. The fourth-order valence-corrected chi connectivity index (χ4v) is 4.33. The molecule has 1 amide bonds. The van der Waals surface area contributed by atoms with Gasteiger partial charge in [0.05, 0.1) is 4.88 Å². The number of aromatic amines is 1. The molecule has 0 bridgehead atoms. The van der Waals surface area contributed by atoms with E-state index in [1.165, 1.54) is 11.3 Å². The minimum Gasteiger partial charge on any atom is -0.368 e. The van der Waals surface area contributed by atoms with Crippen molar-refractivity contribution in [2.24, 2.45) is 0 Å². The van der Waals surface area contributed by atoms with Gasteiger partial charge in [-0.2, -0.15) is 5.10 Å². The molecule has 1 aliphatic heterocycles. The van der Waals surface area contributed by atoms with Crippen LogP contribution in [0, 0.1) is 11.7 Å². The number of thiophene rings is 1. The van der Waals surface area contributed by atoms with Gasteiger partial charge in [-0.15, -0.1) is 11.3 Å². The number of benzene rings is 1. The van der Waals surface area contributed by atoms with Crippen LogP contribution in [-0.4, -0.2) is 51.8 Å². The molecule has 1 saturated heterocycles. The second kappa shape index (κ2) is 7.66. The van der Waals surface area contributed by atoms with Crippen molar-refractivity contribution in [2.45, 2.75) is 13.5 Å². The Bertz CT molecular complexity index is 984. The minimum absolute atomic E-state index is 0.0785. The van der Waals surface area contributed by atoms with E-state index >= 15 is 0 Å². The molecular formula is C19H21N5OS2. The number of hydrogen-bond donors (Lipinski definition) is 1. The van der Waals surface area contributed by atoms with E-state index in [1.807, 2.05) is 22.4 Å². The maximum Gasteiger partial charge on any atom is 0.242 e. The number of anilines is 1. The highest BCUT2D eigenvalue weighted by molar-refractivity contribution is 7.71. The molecule has 0 saturated carbocycles. The van der Waals surface area contributed by atoms with Gasteiger partial charge >= 0.3 is 0 Å². The summed E-state index contributed by atoms with van der Waals surface area (Å²) in [7, 11) is 0. The van der Waals surface area contributed by atoms with Crippen molar-refractivity contribution < 1.29 is 4.79 Å². The van der Waals surface area contributed by atoms with E-state index in [2.05, 4.69) is 46.3 Å². The molecule has 3 aromatic rings. The van der Waals surface area contributed by atoms with Gasteiger partial charge in [-0.1, -0.05) is 24.3 Å². The van der Waals surface area contributed by atoms with E-state index < -0.39 is 0 Å². The summed E-state index contributed by atoms with van der Waals surface area (Å²) < 4.78 is 2.27. The first-order chi connectivity index (χ1) is 13.1. The van der Waals surface area contributed by atoms with Crippen molar-refractivity contribution in [1.82, 2.24) is 19.7 Å². The third-order valence-corrected chi connectivity index (χ3v) is 6.06. The molecule has 140 valence electrons. The maximum atomic E-state index is 12.9. The van der Waals surface area contributed by atoms with Gasteiger partial charge in [-0.25, -0.2) is 0 Å². The molecular weight excluding hydrogens is 378 g/mol. The van der Waals surface area contributed by atoms with Crippen molar-refractivity contribution in [1.29, 1.82) is 0 Å². The summed E-state index contributed by atoms with van der Waals surface area (Å²) in [5.74, 6) is 0.802. The fourth-order valence-electron chi connectivity index (χ4n) is 3.41. The molecule has 6 nitrogen and oxygen atoms in total. The summed E-state index contributed by atoms with van der Waals surface area (Å²) in [6.45, 7) is 5.45. The van der Waals surface area contributed by atoms with Crippen LogP contribution in [0.3, 0.4) is 0 Å². The second-order valence-corrected chi connectivity index (χ2v) is 7.90. The van der Waals surface area contributed by atoms with Gasteiger partial charge < -0.3 is 9.80 Å². The summed E-state index contributed by atoms with van der Waals surface area (Å²) in [6.07, 6.45) is 0. The van der Waals surface area contributed by atoms with Gasteiger partial charge in [0.15, 0.2) is 10.6 Å². The zero-order valence-corrected chi connectivity index (χ0v) is 16.7. The number of nitrogens with zero attached hydrogens (tertiary/aromatic N) is 4. The van der Waals surface area contributed by atoms with E-state index in [1.54, 1.807) is 15.9 Å². The van der Waals surface area contributed by atoms with Crippen molar-refractivity contribution in [3.8, 4) is 10.7 Å². The molecule has 0 aliphatic carbocycles. The molecule has 0 unspecified atom stereocenters. The molecule has 0 atom stereocenters. The van der Waals surface area contributed by atoms with Crippen molar-refractivity contribution in [3.05, 3.63) is 52.1 Å². The Balaban J connectivity index is 1.43. The van der Waals surface area contributed by atoms with Crippen molar-refractivity contribution in [2.75, 3.05) is 31.1 Å². The average molecular weight is 400 g/mol. The number of nitrogens with one attached hydrogen (secondary N) is 1. The largest absolute Gasteiger partial charge is 0.368 e. The Kier molecular flexibility index (Phi) is 5.09. The van der Waals surface area contributed by atoms with Gasteiger partial charge in [-0.05, 0) is 42.2 Å². The number of rotatable bonds is 4. The Labute approximate surface area is 167 Å². The molecule has 1 N–H and O–H groups in total. The number of para-hydroxylation sites is 1. The summed E-state index contributed by atoms with van der Waals surface area (Å²) >= 11 is 6.92. The first-order valence-electron chi connectivity index (χ1n) is 8.91. The quantitative estimate of drug-likeness (QED) is 0.684. The summed E-state index contributed by atoms with van der Waals surface area (Å²) in [5, 5.41) is 9.10. The smallest absolute Gasteiger partial charge is 0.242 e. The Hall–Kier alpha value is -2.45. The summed E-state index contributed by atoms with van der Waals surface area (Å²) in [5.41, 5.74) is 2.52. The van der Waals surface area contributed by atoms with Crippen molar-refractivity contribution in [3.63, 3.8) is 0 Å². The topological polar surface area (TPSA) is 57.2 Å². The van der Waals surface area contributed by atoms with Crippen molar-refractivity contribution >= 4 is 35.1 Å². The van der Waals surface area contributed by atoms with Crippen LogP contribution >= 0.6 is 23.6 Å². The fraction of sp³-hybridized carbons (Fsp3) is 0.316. The number of amides is 1. The molecule has 4 rings (SSSR count). The van der Waals surface area contributed by atoms with E-state index in [0.717, 1.165) is 23.8 Å². The Morgan fingerprint density at radius 2 is 1.96 bits per heavy atom. The number of carbonyl (C=O) groups excluding carboxylic acids is 1. The van der Waals surface area contributed by atoms with Crippen LogP contribution in [0.4, 0.5) is 5.69 Å². The summed E-state index contributed by atoms with van der Waals surface area (Å²) in [4.78, 5) is 18.1. The standard InChI is InChI=1S/C19H21N5OS2/c1-14-5-2-3-6-15(14)22-8-10-23(11-9-22)17(25)13-24-18(20-21-19(24)26)16-7-4-12-27-16/h2-7,12H,8-11,13H2,1H3,(H,21,26). The van der Waals surface area contributed by atoms with Crippen LogP contribution in [0.25, 0.3) is 10.7 Å². The molecule has 0 spiro atoms.